The SMILES string of the molecule is O=C(Nc1cc(Cl)cc2cccnc12)c1cnccn1. The Morgan fingerprint density at radius 3 is 2.85 bits per heavy atom. The second-order valence-electron chi connectivity index (χ2n) is 4.07. The molecule has 0 saturated carbocycles. The zero-order chi connectivity index (χ0) is 13.9. The van der Waals surface area contributed by atoms with Gasteiger partial charge in [-0.25, -0.2) is 4.98 Å². The molecule has 3 aromatic rings. The van der Waals surface area contributed by atoms with Crippen LogP contribution in [0, 0.1) is 0 Å². The van der Waals surface area contributed by atoms with Gasteiger partial charge in [-0.2, -0.15) is 0 Å². The molecule has 0 saturated heterocycles. The minimum absolute atomic E-state index is 0.233. The van der Waals surface area contributed by atoms with Crippen molar-refractivity contribution in [3.8, 4) is 0 Å². The Morgan fingerprint density at radius 2 is 2.05 bits per heavy atom. The number of amides is 1. The molecule has 0 bridgehead atoms. The summed E-state index contributed by atoms with van der Waals surface area (Å²) in [6.45, 7) is 0. The van der Waals surface area contributed by atoms with E-state index in [1.165, 1.54) is 18.6 Å². The van der Waals surface area contributed by atoms with Crippen molar-refractivity contribution in [3.05, 3.63) is 59.8 Å². The second kappa shape index (κ2) is 5.22. The number of aromatic nitrogens is 3. The van der Waals surface area contributed by atoms with Crippen molar-refractivity contribution in [1.82, 2.24) is 15.0 Å². The molecule has 0 radical (unpaired) electrons. The monoisotopic (exact) mass is 284 g/mol. The molecule has 3 rings (SSSR count). The Balaban J connectivity index is 2.01. The predicted octanol–water partition coefficient (Wildman–Crippen LogP) is 2.93. The van der Waals surface area contributed by atoms with Gasteiger partial charge in [-0.3, -0.25) is 14.8 Å². The Bertz CT molecular complexity index is 776. The van der Waals surface area contributed by atoms with E-state index in [0.717, 1.165) is 5.39 Å². The van der Waals surface area contributed by atoms with Gasteiger partial charge in [0.2, 0.25) is 0 Å². The standard InChI is InChI=1S/C14H9ClN4O/c15-10-6-9-2-1-3-18-13(9)11(7-10)19-14(20)12-8-16-4-5-17-12/h1-8H,(H,19,20). The van der Waals surface area contributed by atoms with Crippen molar-refractivity contribution in [2.45, 2.75) is 0 Å². The molecule has 1 aromatic carbocycles. The second-order valence-corrected chi connectivity index (χ2v) is 4.51. The van der Waals surface area contributed by atoms with E-state index in [1.54, 1.807) is 18.3 Å². The lowest BCUT2D eigenvalue weighted by Crippen LogP contribution is -2.14. The molecule has 20 heavy (non-hydrogen) atoms. The van der Waals surface area contributed by atoms with Crippen LogP contribution in [0.3, 0.4) is 0 Å². The Labute approximate surface area is 119 Å². The summed E-state index contributed by atoms with van der Waals surface area (Å²) in [7, 11) is 0. The number of carbonyl (C=O) groups is 1. The van der Waals surface area contributed by atoms with Crippen molar-refractivity contribution in [2.75, 3.05) is 5.32 Å². The van der Waals surface area contributed by atoms with Gasteiger partial charge in [-0.15, -0.1) is 0 Å². The molecule has 0 unspecified atom stereocenters. The number of nitrogens with one attached hydrogen (secondary N) is 1. The fourth-order valence-corrected chi connectivity index (χ4v) is 2.08. The molecule has 0 aliphatic heterocycles. The lowest BCUT2D eigenvalue weighted by Gasteiger charge is -2.08. The number of nitrogens with zero attached hydrogens (tertiary/aromatic N) is 3. The van der Waals surface area contributed by atoms with E-state index in [4.69, 9.17) is 11.6 Å². The molecule has 0 aliphatic carbocycles. The molecule has 0 fully saturated rings. The first-order chi connectivity index (χ1) is 9.74. The van der Waals surface area contributed by atoms with Crippen LogP contribution in [0.4, 0.5) is 5.69 Å². The van der Waals surface area contributed by atoms with Crippen LogP contribution in [0.25, 0.3) is 10.9 Å². The van der Waals surface area contributed by atoms with Gasteiger partial charge in [-0.1, -0.05) is 17.7 Å². The van der Waals surface area contributed by atoms with Crippen LogP contribution in [0.1, 0.15) is 10.5 Å². The Hall–Kier alpha value is -2.53. The highest BCUT2D eigenvalue weighted by Gasteiger charge is 2.11. The number of carbonyl (C=O) groups excluding carboxylic acids is 1. The summed E-state index contributed by atoms with van der Waals surface area (Å²) in [5, 5.41) is 4.14. The summed E-state index contributed by atoms with van der Waals surface area (Å²) in [5.74, 6) is -0.354. The van der Waals surface area contributed by atoms with Crippen molar-refractivity contribution >= 4 is 34.1 Å². The van der Waals surface area contributed by atoms with E-state index in [1.807, 2.05) is 12.1 Å². The first-order valence-electron chi connectivity index (χ1n) is 5.86. The van der Waals surface area contributed by atoms with E-state index in [0.29, 0.717) is 16.2 Å². The summed E-state index contributed by atoms with van der Waals surface area (Å²) in [6, 6.07) is 7.14. The van der Waals surface area contributed by atoms with Gasteiger partial charge < -0.3 is 5.32 Å². The maximum absolute atomic E-state index is 12.1. The number of rotatable bonds is 2. The third-order valence-electron chi connectivity index (χ3n) is 2.71. The van der Waals surface area contributed by atoms with E-state index in [2.05, 4.69) is 20.3 Å². The lowest BCUT2D eigenvalue weighted by atomic mass is 10.2. The molecular weight excluding hydrogens is 276 g/mol. The first-order valence-corrected chi connectivity index (χ1v) is 6.23. The Kier molecular flexibility index (Phi) is 3.26. The summed E-state index contributed by atoms with van der Waals surface area (Å²) < 4.78 is 0. The van der Waals surface area contributed by atoms with Crippen molar-refractivity contribution < 1.29 is 4.79 Å². The van der Waals surface area contributed by atoms with Gasteiger partial charge in [0, 0.05) is 29.0 Å². The van der Waals surface area contributed by atoms with E-state index < -0.39 is 0 Å². The highest BCUT2D eigenvalue weighted by molar-refractivity contribution is 6.32. The van der Waals surface area contributed by atoms with Crippen molar-refractivity contribution in [2.24, 2.45) is 0 Å². The minimum atomic E-state index is -0.354. The molecule has 0 aliphatic rings. The molecular formula is C14H9ClN4O. The van der Waals surface area contributed by atoms with Gasteiger partial charge in [0.05, 0.1) is 17.4 Å². The van der Waals surface area contributed by atoms with Crippen LogP contribution in [-0.2, 0) is 0 Å². The number of hydrogen-bond acceptors (Lipinski definition) is 4. The van der Waals surface area contributed by atoms with Gasteiger partial charge >= 0.3 is 0 Å². The molecule has 0 atom stereocenters. The highest BCUT2D eigenvalue weighted by atomic mass is 35.5. The summed E-state index contributed by atoms with van der Waals surface area (Å²) in [5.41, 5.74) is 1.45. The van der Waals surface area contributed by atoms with Crippen LogP contribution in [-0.4, -0.2) is 20.9 Å². The van der Waals surface area contributed by atoms with Crippen molar-refractivity contribution in [3.63, 3.8) is 0 Å². The number of anilines is 1. The highest BCUT2D eigenvalue weighted by Crippen LogP contribution is 2.26. The summed E-state index contributed by atoms with van der Waals surface area (Å²) in [6.07, 6.45) is 6.03. The average molecular weight is 285 g/mol. The number of halogens is 1. The number of hydrogen-bond donors (Lipinski definition) is 1. The van der Waals surface area contributed by atoms with Crippen LogP contribution in [0.15, 0.2) is 49.1 Å². The van der Waals surface area contributed by atoms with Crippen LogP contribution >= 0.6 is 11.6 Å². The predicted molar refractivity (Wildman–Crippen MR) is 76.7 cm³/mol. The fraction of sp³-hybridized carbons (Fsp3) is 0. The molecule has 6 heteroatoms. The molecule has 0 spiro atoms. The molecule has 2 aromatic heterocycles. The smallest absolute Gasteiger partial charge is 0.275 e. The van der Waals surface area contributed by atoms with E-state index >= 15 is 0 Å². The molecule has 1 N–H and O–H groups in total. The largest absolute Gasteiger partial charge is 0.319 e. The maximum atomic E-state index is 12.1. The zero-order valence-corrected chi connectivity index (χ0v) is 11.0. The van der Waals surface area contributed by atoms with E-state index in [-0.39, 0.29) is 11.6 Å². The third-order valence-corrected chi connectivity index (χ3v) is 2.93. The molecule has 2 heterocycles. The van der Waals surface area contributed by atoms with Gasteiger partial charge in [0.15, 0.2) is 0 Å². The summed E-state index contributed by atoms with van der Waals surface area (Å²) in [4.78, 5) is 24.2. The molecule has 5 nitrogen and oxygen atoms in total. The minimum Gasteiger partial charge on any atom is -0.319 e. The maximum Gasteiger partial charge on any atom is 0.275 e. The van der Waals surface area contributed by atoms with Crippen molar-refractivity contribution in [1.29, 1.82) is 0 Å². The number of pyridine rings is 1. The molecule has 1 amide bonds. The average Bonchev–Trinajstić information content (AvgIpc) is 2.48. The fourth-order valence-electron chi connectivity index (χ4n) is 1.85. The quantitative estimate of drug-likeness (QED) is 0.785. The number of benzene rings is 1. The Morgan fingerprint density at radius 1 is 1.15 bits per heavy atom. The van der Waals surface area contributed by atoms with Crippen LogP contribution < -0.4 is 5.32 Å². The normalized spacial score (nSPS) is 10.4. The van der Waals surface area contributed by atoms with Gasteiger partial charge in [-0.05, 0) is 18.2 Å². The third kappa shape index (κ3) is 2.44. The van der Waals surface area contributed by atoms with E-state index in [9.17, 15) is 4.79 Å². The summed E-state index contributed by atoms with van der Waals surface area (Å²) >= 11 is 6.05. The topological polar surface area (TPSA) is 67.8 Å². The lowest BCUT2D eigenvalue weighted by molar-refractivity contribution is 0.102. The number of fused-ring (bicyclic) bond motifs is 1. The van der Waals surface area contributed by atoms with Crippen LogP contribution in [0.5, 0.6) is 0 Å². The van der Waals surface area contributed by atoms with Gasteiger partial charge in [0.25, 0.3) is 5.91 Å². The first kappa shape index (κ1) is 12.5. The van der Waals surface area contributed by atoms with Gasteiger partial charge in [0.1, 0.15) is 5.69 Å². The van der Waals surface area contributed by atoms with Crippen LogP contribution in [0.2, 0.25) is 5.02 Å². The zero-order valence-electron chi connectivity index (χ0n) is 10.2. The molecule has 98 valence electrons.